The third-order valence-corrected chi connectivity index (χ3v) is 4.73. The average molecular weight is 313 g/mol. The maximum atomic E-state index is 12.5. The molecule has 0 aliphatic heterocycles. The molecule has 0 bridgehead atoms. The number of hydrogen-bond acceptors (Lipinski definition) is 4. The van der Waals surface area contributed by atoms with Crippen LogP contribution in [0.1, 0.15) is 11.1 Å². The van der Waals surface area contributed by atoms with Crippen molar-refractivity contribution in [3.63, 3.8) is 0 Å². The highest BCUT2D eigenvalue weighted by molar-refractivity contribution is 7.92. The highest BCUT2D eigenvalue weighted by atomic mass is 32.2. The van der Waals surface area contributed by atoms with Crippen LogP contribution in [0, 0.1) is 13.8 Å². The van der Waals surface area contributed by atoms with E-state index in [1.54, 1.807) is 37.4 Å². The Balaban J connectivity index is 2.09. The second-order valence-corrected chi connectivity index (χ2v) is 6.72. The summed E-state index contributed by atoms with van der Waals surface area (Å²) in [5.41, 5.74) is 2.68. The fourth-order valence-electron chi connectivity index (χ4n) is 2.30. The maximum absolute atomic E-state index is 12.5. The molecule has 2 aromatic heterocycles. The lowest BCUT2D eigenvalue weighted by atomic mass is 10.1. The molecule has 3 rings (SSSR count). The van der Waals surface area contributed by atoms with Crippen LogP contribution in [-0.2, 0) is 10.0 Å². The first-order chi connectivity index (χ1) is 10.5. The van der Waals surface area contributed by atoms with E-state index in [2.05, 4.69) is 14.7 Å². The molecule has 0 saturated heterocycles. The molecule has 0 atom stereocenters. The molecule has 1 aromatic carbocycles. The summed E-state index contributed by atoms with van der Waals surface area (Å²) >= 11 is 0. The number of sulfonamides is 1. The lowest BCUT2D eigenvalue weighted by molar-refractivity contribution is 0.597. The van der Waals surface area contributed by atoms with E-state index in [1.807, 2.05) is 19.1 Å². The van der Waals surface area contributed by atoms with Crippen molar-refractivity contribution in [3.8, 4) is 0 Å². The molecule has 0 fully saturated rings. The molecule has 2 heterocycles. The third kappa shape index (κ3) is 2.65. The Hall–Kier alpha value is -2.47. The average Bonchev–Trinajstić information content (AvgIpc) is 2.47. The number of nitrogens with zero attached hydrogens (tertiary/aromatic N) is 2. The van der Waals surface area contributed by atoms with Crippen LogP contribution in [0.15, 0.2) is 53.8 Å². The second kappa shape index (κ2) is 5.38. The minimum absolute atomic E-state index is 0.0270. The fourth-order valence-corrected chi connectivity index (χ4v) is 3.54. The number of anilines is 1. The van der Waals surface area contributed by atoms with Gasteiger partial charge in [0.15, 0.2) is 5.03 Å². The number of hydrogen-bond donors (Lipinski definition) is 1. The lowest BCUT2D eigenvalue weighted by Gasteiger charge is -2.11. The Kier molecular flexibility index (Phi) is 3.54. The van der Waals surface area contributed by atoms with Gasteiger partial charge in [0.1, 0.15) is 0 Å². The van der Waals surface area contributed by atoms with Gasteiger partial charge in [0, 0.05) is 17.8 Å². The molecule has 0 aliphatic carbocycles. The van der Waals surface area contributed by atoms with Crippen molar-refractivity contribution in [2.75, 3.05) is 4.72 Å². The molecule has 1 N–H and O–H groups in total. The number of rotatable bonds is 3. The van der Waals surface area contributed by atoms with Crippen LogP contribution in [0.4, 0.5) is 5.69 Å². The van der Waals surface area contributed by atoms with Gasteiger partial charge in [-0.15, -0.1) is 0 Å². The highest BCUT2D eigenvalue weighted by Gasteiger charge is 2.19. The van der Waals surface area contributed by atoms with Gasteiger partial charge >= 0.3 is 0 Å². The van der Waals surface area contributed by atoms with E-state index in [-0.39, 0.29) is 5.03 Å². The topological polar surface area (TPSA) is 72.0 Å². The first-order valence-electron chi connectivity index (χ1n) is 6.77. The van der Waals surface area contributed by atoms with Gasteiger partial charge in [-0.05, 0) is 43.2 Å². The molecule has 5 nitrogen and oxygen atoms in total. The van der Waals surface area contributed by atoms with Crippen LogP contribution in [0.5, 0.6) is 0 Å². The zero-order valence-electron chi connectivity index (χ0n) is 12.2. The molecule has 112 valence electrons. The number of aryl methyl sites for hydroxylation is 2. The molecular formula is C16H15N3O2S. The van der Waals surface area contributed by atoms with Crippen molar-refractivity contribution in [2.45, 2.75) is 18.9 Å². The van der Waals surface area contributed by atoms with E-state index in [1.165, 1.54) is 6.20 Å². The second-order valence-electron chi connectivity index (χ2n) is 5.12. The summed E-state index contributed by atoms with van der Waals surface area (Å²) < 4.78 is 27.6. The largest absolute Gasteiger partial charge is 0.279 e. The van der Waals surface area contributed by atoms with Crippen LogP contribution in [0.2, 0.25) is 0 Å². The van der Waals surface area contributed by atoms with Gasteiger partial charge in [0.25, 0.3) is 10.0 Å². The molecule has 0 unspecified atom stereocenters. The summed E-state index contributed by atoms with van der Waals surface area (Å²) in [5.74, 6) is 0. The third-order valence-electron chi connectivity index (χ3n) is 3.31. The number of para-hydroxylation sites is 1. The van der Waals surface area contributed by atoms with Crippen LogP contribution in [0.25, 0.3) is 10.9 Å². The molecule has 0 spiro atoms. The van der Waals surface area contributed by atoms with Crippen LogP contribution in [0.3, 0.4) is 0 Å². The van der Waals surface area contributed by atoms with Gasteiger partial charge in [0.05, 0.1) is 11.2 Å². The van der Waals surface area contributed by atoms with Gasteiger partial charge in [-0.3, -0.25) is 9.71 Å². The number of aromatic nitrogens is 2. The van der Waals surface area contributed by atoms with Crippen LogP contribution < -0.4 is 4.72 Å². The number of benzene rings is 1. The lowest BCUT2D eigenvalue weighted by Crippen LogP contribution is -2.16. The van der Waals surface area contributed by atoms with Crippen molar-refractivity contribution >= 4 is 26.6 Å². The smallest absolute Gasteiger partial charge is 0.276 e. The first-order valence-corrected chi connectivity index (χ1v) is 8.25. The normalized spacial score (nSPS) is 11.5. The molecule has 0 amide bonds. The highest BCUT2D eigenvalue weighted by Crippen LogP contribution is 2.24. The Bertz CT molecular complexity index is 953. The summed E-state index contributed by atoms with van der Waals surface area (Å²) in [6.07, 6.45) is 3.18. The molecule has 3 aromatic rings. The fraction of sp³-hybridized carbons (Fsp3) is 0.125. The van der Waals surface area contributed by atoms with Crippen molar-refractivity contribution in [3.05, 3.63) is 59.9 Å². The van der Waals surface area contributed by atoms with Gasteiger partial charge < -0.3 is 0 Å². The number of pyridine rings is 2. The Morgan fingerprint density at radius 3 is 2.64 bits per heavy atom. The predicted octanol–water partition coefficient (Wildman–Crippen LogP) is 3.05. The molecule has 0 saturated carbocycles. The van der Waals surface area contributed by atoms with Crippen LogP contribution >= 0.6 is 0 Å². The SMILES string of the molecule is Cc1cnc2c(NS(=O)(=O)c3ncccc3C)cccc2c1. The van der Waals surface area contributed by atoms with Crippen molar-refractivity contribution < 1.29 is 8.42 Å². The molecular weight excluding hydrogens is 298 g/mol. The van der Waals surface area contributed by atoms with E-state index >= 15 is 0 Å². The predicted molar refractivity (Wildman–Crippen MR) is 86.3 cm³/mol. The van der Waals surface area contributed by atoms with Gasteiger partial charge in [0.2, 0.25) is 0 Å². The number of fused-ring (bicyclic) bond motifs is 1. The van der Waals surface area contributed by atoms with E-state index in [0.717, 1.165) is 10.9 Å². The molecule has 0 aliphatic rings. The monoisotopic (exact) mass is 313 g/mol. The Morgan fingerprint density at radius 2 is 1.86 bits per heavy atom. The Labute approximate surface area is 129 Å². The van der Waals surface area contributed by atoms with Crippen LogP contribution in [-0.4, -0.2) is 18.4 Å². The van der Waals surface area contributed by atoms with Crippen molar-refractivity contribution in [1.82, 2.24) is 9.97 Å². The van der Waals surface area contributed by atoms with Crippen molar-refractivity contribution in [2.24, 2.45) is 0 Å². The molecule has 0 radical (unpaired) electrons. The number of nitrogens with one attached hydrogen (secondary N) is 1. The van der Waals surface area contributed by atoms with Crippen molar-refractivity contribution in [1.29, 1.82) is 0 Å². The minimum Gasteiger partial charge on any atom is -0.276 e. The van der Waals surface area contributed by atoms with Gasteiger partial charge in [-0.2, -0.15) is 8.42 Å². The summed E-state index contributed by atoms with van der Waals surface area (Å²) in [5, 5.41) is 0.914. The van der Waals surface area contributed by atoms with E-state index in [0.29, 0.717) is 16.8 Å². The molecule has 22 heavy (non-hydrogen) atoms. The summed E-state index contributed by atoms with van der Waals surface area (Å²) in [4.78, 5) is 8.30. The summed E-state index contributed by atoms with van der Waals surface area (Å²) in [7, 11) is -3.75. The van der Waals surface area contributed by atoms with E-state index in [9.17, 15) is 8.42 Å². The standard InChI is InChI=1S/C16H15N3O2S/c1-11-9-13-6-3-7-14(15(13)18-10-11)19-22(20,21)16-12(2)5-4-8-17-16/h3-10,19H,1-2H3. The minimum atomic E-state index is -3.75. The van der Waals surface area contributed by atoms with E-state index < -0.39 is 10.0 Å². The van der Waals surface area contributed by atoms with E-state index in [4.69, 9.17) is 0 Å². The first kappa shape index (κ1) is 14.5. The summed E-state index contributed by atoms with van der Waals surface area (Å²) in [6.45, 7) is 3.66. The maximum Gasteiger partial charge on any atom is 0.279 e. The Morgan fingerprint density at radius 1 is 1.05 bits per heavy atom. The molecule has 6 heteroatoms. The zero-order chi connectivity index (χ0) is 15.7. The quantitative estimate of drug-likeness (QED) is 0.806. The van der Waals surface area contributed by atoms with Gasteiger partial charge in [-0.1, -0.05) is 18.2 Å². The zero-order valence-corrected chi connectivity index (χ0v) is 13.1. The summed E-state index contributed by atoms with van der Waals surface area (Å²) in [6, 6.07) is 10.8. The van der Waals surface area contributed by atoms with Gasteiger partial charge in [-0.25, -0.2) is 4.98 Å².